The van der Waals surface area contributed by atoms with Crippen LogP contribution in [-0.2, 0) is 6.42 Å². The van der Waals surface area contributed by atoms with E-state index in [4.69, 9.17) is 5.11 Å². The van der Waals surface area contributed by atoms with E-state index in [1.807, 2.05) is 24.1 Å². The SMILES string of the molecule is CN(CCc1ccncc1)c1ncnc2cc(C(=O)O)ccc12.Cl. The summed E-state index contributed by atoms with van der Waals surface area (Å²) >= 11 is 0. The maximum atomic E-state index is 11.1. The van der Waals surface area contributed by atoms with Gasteiger partial charge >= 0.3 is 5.97 Å². The fraction of sp³-hybridized carbons (Fsp3) is 0.176. The molecule has 0 aliphatic carbocycles. The van der Waals surface area contributed by atoms with Crippen molar-refractivity contribution in [1.82, 2.24) is 15.0 Å². The number of nitrogens with zero attached hydrogens (tertiary/aromatic N) is 4. The van der Waals surface area contributed by atoms with Crippen LogP contribution in [0.4, 0.5) is 5.82 Å². The van der Waals surface area contributed by atoms with Crippen molar-refractivity contribution in [2.45, 2.75) is 6.42 Å². The van der Waals surface area contributed by atoms with Crippen molar-refractivity contribution in [3.63, 3.8) is 0 Å². The largest absolute Gasteiger partial charge is 0.478 e. The van der Waals surface area contributed by atoms with Crippen molar-refractivity contribution in [1.29, 1.82) is 0 Å². The number of aromatic carboxylic acids is 1. The number of pyridine rings is 1. The Morgan fingerprint density at radius 2 is 1.92 bits per heavy atom. The minimum atomic E-state index is -0.960. The Hall–Kier alpha value is -2.73. The van der Waals surface area contributed by atoms with E-state index in [0.29, 0.717) is 5.52 Å². The lowest BCUT2D eigenvalue weighted by molar-refractivity contribution is 0.0697. The van der Waals surface area contributed by atoms with Crippen LogP contribution in [0.2, 0.25) is 0 Å². The molecule has 7 heteroatoms. The van der Waals surface area contributed by atoms with E-state index in [1.54, 1.807) is 30.6 Å². The van der Waals surface area contributed by atoms with Crippen LogP contribution in [0.25, 0.3) is 10.9 Å². The van der Waals surface area contributed by atoms with Gasteiger partial charge in [-0.2, -0.15) is 0 Å². The highest BCUT2D eigenvalue weighted by Gasteiger charge is 2.11. The van der Waals surface area contributed by atoms with Crippen LogP contribution < -0.4 is 4.90 Å². The molecule has 0 saturated heterocycles. The molecule has 3 rings (SSSR count). The van der Waals surface area contributed by atoms with Crippen molar-refractivity contribution in [2.75, 3.05) is 18.5 Å². The molecule has 0 saturated carbocycles. The Bertz CT molecular complexity index is 842. The van der Waals surface area contributed by atoms with Crippen LogP contribution in [-0.4, -0.2) is 39.6 Å². The van der Waals surface area contributed by atoms with E-state index in [-0.39, 0.29) is 18.0 Å². The summed E-state index contributed by atoms with van der Waals surface area (Å²) in [6, 6.07) is 8.89. The third-order valence-electron chi connectivity index (χ3n) is 3.71. The van der Waals surface area contributed by atoms with E-state index < -0.39 is 5.97 Å². The fourth-order valence-corrected chi connectivity index (χ4v) is 2.43. The molecular formula is C17H17ClN4O2. The van der Waals surface area contributed by atoms with Crippen LogP contribution >= 0.6 is 12.4 Å². The first-order valence-corrected chi connectivity index (χ1v) is 7.23. The van der Waals surface area contributed by atoms with Crippen molar-refractivity contribution >= 4 is 35.1 Å². The molecule has 24 heavy (non-hydrogen) atoms. The standard InChI is InChI=1S/C17H16N4O2.ClH/c1-21(9-6-12-4-7-18-8-5-12)16-14-3-2-13(17(22)23)10-15(14)19-11-20-16;/h2-5,7-8,10-11H,6,9H2,1H3,(H,22,23);1H. The number of aromatic nitrogens is 3. The third-order valence-corrected chi connectivity index (χ3v) is 3.71. The van der Waals surface area contributed by atoms with E-state index in [1.165, 1.54) is 11.9 Å². The van der Waals surface area contributed by atoms with Crippen LogP contribution in [0.5, 0.6) is 0 Å². The van der Waals surface area contributed by atoms with Crippen molar-refractivity contribution in [2.24, 2.45) is 0 Å². The number of fused-ring (bicyclic) bond motifs is 1. The molecule has 1 aromatic carbocycles. The van der Waals surface area contributed by atoms with Crippen LogP contribution in [0, 0.1) is 0 Å². The molecule has 0 aliphatic heterocycles. The first kappa shape index (κ1) is 17.6. The fourth-order valence-electron chi connectivity index (χ4n) is 2.43. The number of carboxylic acid groups (broad SMARTS) is 1. The van der Waals surface area contributed by atoms with E-state index in [9.17, 15) is 4.79 Å². The molecule has 3 aromatic rings. The van der Waals surface area contributed by atoms with Gasteiger partial charge in [0.1, 0.15) is 12.1 Å². The second kappa shape index (κ2) is 7.70. The molecule has 1 N–H and O–H groups in total. The zero-order valence-corrected chi connectivity index (χ0v) is 13.9. The van der Waals surface area contributed by atoms with Crippen LogP contribution in [0.3, 0.4) is 0 Å². The molecule has 2 heterocycles. The summed E-state index contributed by atoms with van der Waals surface area (Å²) in [7, 11) is 1.97. The van der Waals surface area contributed by atoms with Gasteiger partial charge in [-0.05, 0) is 42.3 Å². The number of hydrogen-bond donors (Lipinski definition) is 1. The molecule has 0 atom stereocenters. The Morgan fingerprint density at radius 3 is 2.62 bits per heavy atom. The summed E-state index contributed by atoms with van der Waals surface area (Å²) in [4.78, 5) is 25.6. The zero-order valence-electron chi connectivity index (χ0n) is 13.1. The minimum absolute atomic E-state index is 0. The Kier molecular flexibility index (Phi) is 5.65. The van der Waals surface area contributed by atoms with Gasteiger partial charge in [0, 0.05) is 31.4 Å². The lowest BCUT2D eigenvalue weighted by Crippen LogP contribution is -2.21. The summed E-state index contributed by atoms with van der Waals surface area (Å²) in [6.45, 7) is 0.789. The van der Waals surface area contributed by atoms with Gasteiger partial charge in [-0.3, -0.25) is 4.98 Å². The van der Waals surface area contributed by atoms with E-state index in [2.05, 4.69) is 15.0 Å². The highest BCUT2D eigenvalue weighted by Crippen LogP contribution is 2.23. The average molecular weight is 345 g/mol. The number of likely N-dealkylation sites (N-methyl/N-ethyl adjacent to an activating group) is 1. The highest BCUT2D eigenvalue weighted by molar-refractivity contribution is 5.96. The number of benzene rings is 1. The number of carboxylic acids is 1. The summed E-state index contributed by atoms with van der Waals surface area (Å²) in [6.07, 6.45) is 5.90. The van der Waals surface area contributed by atoms with Crippen molar-refractivity contribution in [3.8, 4) is 0 Å². The average Bonchev–Trinajstić information content (AvgIpc) is 2.59. The van der Waals surface area contributed by atoms with Gasteiger partial charge in [0.15, 0.2) is 0 Å². The van der Waals surface area contributed by atoms with E-state index in [0.717, 1.165) is 24.2 Å². The van der Waals surface area contributed by atoms with Gasteiger partial charge in [0.05, 0.1) is 11.1 Å². The quantitative estimate of drug-likeness (QED) is 0.766. The van der Waals surface area contributed by atoms with Gasteiger partial charge in [0.25, 0.3) is 0 Å². The lowest BCUT2D eigenvalue weighted by Gasteiger charge is -2.19. The van der Waals surface area contributed by atoms with Gasteiger partial charge in [-0.25, -0.2) is 14.8 Å². The predicted octanol–water partition coefficient (Wildman–Crippen LogP) is 2.82. The first-order chi connectivity index (χ1) is 11.1. The molecule has 0 radical (unpaired) electrons. The Balaban J connectivity index is 0.00000208. The second-order valence-corrected chi connectivity index (χ2v) is 5.26. The topological polar surface area (TPSA) is 79.2 Å². The minimum Gasteiger partial charge on any atom is -0.478 e. The van der Waals surface area contributed by atoms with Gasteiger partial charge < -0.3 is 10.0 Å². The number of halogens is 1. The van der Waals surface area contributed by atoms with Gasteiger partial charge in [0.2, 0.25) is 0 Å². The monoisotopic (exact) mass is 344 g/mol. The number of hydrogen-bond acceptors (Lipinski definition) is 5. The number of rotatable bonds is 5. The summed E-state index contributed by atoms with van der Waals surface area (Å²) in [5, 5.41) is 9.92. The number of anilines is 1. The highest BCUT2D eigenvalue weighted by atomic mass is 35.5. The molecule has 124 valence electrons. The van der Waals surface area contributed by atoms with Crippen LogP contribution in [0.15, 0.2) is 49.1 Å². The van der Waals surface area contributed by atoms with Gasteiger partial charge in [-0.15, -0.1) is 12.4 Å². The van der Waals surface area contributed by atoms with Crippen molar-refractivity contribution in [3.05, 3.63) is 60.2 Å². The third kappa shape index (κ3) is 3.78. The van der Waals surface area contributed by atoms with Crippen LogP contribution in [0.1, 0.15) is 15.9 Å². The maximum absolute atomic E-state index is 11.1. The first-order valence-electron chi connectivity index (χ1n) is 7.23. The molecular weight excluding hydrogens is 328 g/mol. The molecule has 0 aliphatic rings. The molecule has 0 amide bonds. The molecule has 2 aromatic heterocycles. The van der Waals surface area contributed by atoms with E-state index >= 15 is 0 Å². The van der Waals surface area contributed by atoms with Gasteiger partial charge in [-0.1, -0.05) is 0 Å². The summed E-state index contributed by atoms with van der Waals surface area (Å²) in [5.41, 5.74) is 2.06. The smallest absolute Gasteiger partial charge is 0.335 e. The summed E-state index contributed by atoms with van der Waals surface area (Å²) < 4.78 is 0. The number of carbonyl (C=O) groups is 1. The lowest BCUT2D eigenvalue weighted by atomic mass is 10.1. The maximum Gasteiger partial charge on any atom is 0.335 e. The predicted molar refractivity (Wildman–Crippen MR) is 95.0 cm³/mol. The molecule has 0 spiro atoms. The molecule has 0 fully saturated rings. The molecule has 0 unspecified atom stereocenters. The molecule has 0 bridgehead atoms. The zero-order chi connectivity index (χ0) is 16.2. The Morgan fingerprint density at radius 1 is 1.17 bits per heavy atom. The molecule has 6 nitrogen and oxygen atoms in total. The second-order valence-electron chi connectivity index (χ2n) is 5.26. The van der Waals surface area contributed by atoms with Crippen molar-refractivity contribution < 1.29 is 9.90 Å². The normalized spacial score (nSPS) is 10.2. The Labute approximate surface area is 145 Å². The summed E-state index contributed by atoms with van der Waals surface area (Å²) in [5.74, 6) is -0.168.